The van der Waals surface area contributed by atoms with Crippen molar-refractivity contribution in [1.82, 2.24) is 15.2 Å². The summed E-state index contributed by atoms with van der Waals surface area (Å²) in [7, 11) is 0. The minimum Gasteiger partial charge on any atom is -0.349 e. The van der Waals surface area contributed by atoms with Crippen LogP contribution in [-0.2, 0) is 4.79 Å². The Hall–Kier alpha value is -2.69. The molecule has 2 heterocycles. The summed E-state index contributed by atoms with van der Waals surface area (Å²) in [6.07, 6.45) is 5.80. The quantitative estimate of drug-likeness (QED) is 0.923. The van der Waals surface area contributed by atoms with Gasteiger partial charge in [-0.15, -0.1) is 0 Å². The van der Waals surface area contributed by atoms with Crippen LogP contribution in [0.4, 0.5) is 0 Å². The van der Waals surface area contributed by atoms with Crippen molar-refractivity contribution in [3.05, 3.63) is 66.0 Å². The van der Waals surface area contributed by atoms with E-state index in [4.69, 9.17) is 0 Å². The summed E-state index contributed by atoms with van der Waals surface area (Å²) in [5.74, 6) is 0.704. The van der Waals surface area contributed by atoms with E-state index in [2.05, 4.69) is 22.4 Å². The highest BCUT2D eigenvalue weighted by atomic mass is 16.2. The lowest BCUT2D eigenvalue weighted by Crippen LogP contribution is -2.47. The van der Waals surface area contributed by atoms with Crippen molar-refractivity contribution in [2.75, 3.05) is 13.1 Å². The highest BCUT2D eigenvalue weighted by Crippen LogP contribution is 2.48. The molecule has 2 aromatic rings. The second-order valence-electron chi connectivity index (χ2n) is 7.17. The molecule has 2 amide bonds. The SMILES string of the molecule is O=C(NC1CCN(C(=O)[C@H]2C[C@@H]2c2ccccc2)CC1)c1cccnc1. The molecule has 2 fully saturated rings. The van der Waals surface area contributed by atoms with E-state index in [1.807, 2.05) is 23.1 Å². The molecule has 134 valence electrons. The minimum absolute atomic E-state index is 0.0887. The standard InChI is InChI=1S/C21H23N3O2/c25-20(16-7-4-10-22-14-16)23-17-8-11-24(12-9-17)21(26)19-13-18(19)15-5-2-1-3-6-15/h1-7,10,14,17-19H,8-9,11-13H2,(H,23,25)/t18-,19+/m1/s1. The molecule has 5 nitrogen and oxygen atoms in total. The Morgan fingerprint density at radius 1 is 1.04 bits per heavy atom. The zero-order valence-corrected chi connectivity index (χ0v) is 14.7. The van der Waals surface area contributed by atoms with E-state index >= 15 is 0 Å². The second-order valence-corrected chi connectivity index (χ2v) is 7.17. The van der Waals surface area contributed by atoms with Crippen LogP contribution in [0.5, 0.6) is 0 Å². The van der Waals surface area contributed by atoms with Gasteiger partial charge in [0.25, 0.3) is 5.91 Å². The molecule has 5 heteroatoms. The van der Waals surface area contributed by atoms with E-state index in [0.717, 1.165) is 32.4 Å². The van der Waals surface area contributed by atoms with Crippen molar-refractivity contribution in [1.29, 1.82) is 0 Å². The molecule has 4 rings (SSSR count). The Bertz CT molecular complexity index is 770. The highest BCUT2D eigenvalue weighted by molar-refractivity contribution is 5.94. The van der Waals surface area contributed by atoms with Crippen molar-refractivity contribution in [2.45, 2.75) is 31.2 Å². The molecule has 0 radical (unpaired) electrons. The third-order valence-corrected chi connectivity index (χ3v) is 5.40. The Morgan fingerprint density at radius 2 is 1.81 bits per heavy atom. The summed E-state index contributed by atoms with van der Waals surface area (Å²) in [5.41, 5.74) is 1.85. The first-order valence-electron chi connectivity index (χ1n) is 9.27. The lowest BCUT2D eigenvalue weighted by molar-refractivity contribution is -0.133. The molecular weight excluding hydrogens is 326 g/mol. The molecule has 1 aromatic carbocycles. The van der Waals surface area contributed by atoms with Crippen LogP contribution in [0, 0.1) is 5.92 Å². The third kappa shape index (κ3) is 3.62. The predicted octanol–water partition coefficient (Wildman–Crippen LogP) is 2.61. The first kappa shape index (κ1) is 16.8. The van der Waals surface area contributed by atoms with Gasteiger partial charge < -0.3 is 10.2 Å². The van der Waals surface area contributed by atoms with Gasteiger partial charge in [0.15, 0.2) is 0 Å². The average Bonchev–Trinajstić information content (AvgIpc) is 3.50. The van der Waals surface area contributed by atoms with Gasteiger partial charge in [-0.1, -0.05) is 30.3 Å². The average molecular weight is 349 g/mol. The molecular formula is C21H23N3O2. The molecule has 26 heavy (non-hydrogen) atoms. The zero-order valence-electron chi connectivity index (χ0n) is 14.7. The fraction of sp³-hybridized carbons (Fsp3) is 0.381. The lowest BCUT2D eigenvalue weighted by Gasteiger charge is -2.32. The van der Waals surface area contributed by atoms with Gasteiger partial charge in [-0.25, -0.2) is 0 Å². The number of hydrogen-bond donors (Lipinski definition) is 1. The van der Waals surface area contributed by atoms with Crippen molar-refractivity contribution in [2.24, 2.45) is 5.92 Å². The van der Waals surface area contributed by atoms with E-state index in [-0.39, 0.29) is 23.8 Å². The number of aromatic nitrogens is 1. The third-order valence-electron chi connectivity index (χ3n) is 5.40. The number of likely N-dealkylation sites (tertiary alicyclic amines) is 1. The van der Waals surface area contributed by atoms with Gasteiger partial charge in [-0.05, 0) is 42.9 Å². The van der Waals surface area contributed by atoms with Crippen LogP contribution in [0.1, 0.15) is 41.1 Å². The monoisotopic (exact) mass is 349 g/mol. The van der Waals surface area contributed by atoms with E-state index < -0.39 is 0 Å². The van der Waals surface area contributed by atoms with Crippen LogP contribution < -0.4 is 5.32 Å². The molecule has 0 spiro atoms. The maximum Gasteiger partial charge on any atom is 0.253 e. The summed E-state index contributed by atoms with van der Waals surface area (Å²) >= 11 is 0. The summed E-state index contributed by atoms with van der Waals surface area (Å²) in [4.78, 5) is 30.9. The number of nitrogens with zero attached hydrogens (tertiary/aromatic N) is 2. The van der Waals surface area contributed by atoms with E-state index in [0.29, 0.717) is 11.5 Å². The predicted molar refractivity (Wildman–Crippen MR) is 98.6 cm³/mol. The number of pyridine rings is 1. The van der Waals surface area contributed by atoms with Crippen LogP contribution in [0.2, 0.25) is 0 Å². The fourth-order valence-corrected chi connectivity index (χ4v) is 3.78. The van der Waals surface area contributed by atoms with Gasteiger partial charge in [0.1, 0.15) is 0 Å². The molecule has 2 atom stereocenters. The number of rotatable bonds is 4. The van der Waals surface area contributed by atoms with Crippen LogP contribution in [0.3, 0.4) is 0 Å². The van der Waals surface area contributed by atoms with Crippen molar-refractivity contribution < 1.29 is 9.59 Å². The molecule has 2 aliphatic rings. The smallest absolute Gasteiger partial charge is 0.253 e. The van der Waals surface area contributed by atoms with Crippen molar-refractivity contribution >= 4 is 11.8 Å². The summed E-state index contributed by atoms with van der Waals surface area (Å²) in [6, 6.07) is 13.9. The summed E-state index contributed by atoms with van der Waals surface area (Å²) < 4.78 is 0. The van der Waals surface area contributed by atoms with Gasteiger partial charge in [0.2, 0.25) is 5.91 Å². The van der Waals surface area contributed by atoms with E-state index in [1.54, 1.807) is 24.5 Å². The van der Waals surface area contributed by atoms with E-state index in [9.17, 15) is 9.59 Å². The number of nitrogens with one attached hydrogen (secondary N) is 1. The topological polar surface area (TPSA) is 62.3 Å². The van der Waals surface area contributed by atoms with Crippen LogP contribution in [0.15, 0.2) is 54.9 Å². The minimum atomic E-state index is -0.0887. The molecule has 1 saturated carbocycles. The number of amides is 2. The molecule has 1 aliphatic carbocycles. The Balaban J connectivity index is 1.26. The molecule has 0 unspecified atom stereocenters. The Morgan fingerprint density at radius 3 is 2.50 bits per heavy atom. The van der Waals surface area contributed by atoms with Gasteiger partial charge in [-0.3, -0.25) is 14.6 Å². The molecule has 0 bridgehead atoms. The van der Waals surface area contributed by atoms with Crippen molar-refractivity contribution in [3.8, 4) is 0 Å². The molecule has 1 saturated heterocycles. The largest absolute Gasteiger partial charge is 0.349 e. The second kappa shape index (κ2) is 7.28. The summed E-state index contributed by atoms with van der Waals surface area (Å²) in [5, 5.41) is 3.06. The first-order chi connectivity index (χ1) is 12.7. The highest BCUT2D eigenvalue weighted by Gasteiger charge is 2.46. The maximum atomic E-state index is 12.7. The fourth-order valence-electron chi connectivity index (χ4n) is 3.78. The Labute approximate surface area is 153 Å². The normalized spacial score (nSPS) is 22.7. The van der Waals surface area contributed by atoms with Crippen LogP contribution in [0.25, 0.3) is 0 Å². The van der Waals surface area contributed by atoms with Crippen molar-refractivity contribution in [3.63, 3.8) is 0 Å². The summed E-state index contributed by atoms with van der Waals surface area (Å²) in [6.45, 7) is 1.43. The van der Waals surface area contributed by atoms with Crippen LogP contribution in [-0.4, -0.2) is 40.8 Å². The molecule has 1 aliphatic heterocycles. The Kier molecular flexibility index (Phi) is 4.69. The van der Waals surface area contributed by atoms with Gasteiger partial charge in [0.05, 0.1) is 5.56 Å². The number of carbonyl (C=O) groups is 2. The molecule has 1 N–H and O–H groups in total. The maximum absolute atomic E-state index is 12.7. The lowest BCUT2D eigenvalue weighted by atomic mass is 10.0. The number of carbonyl (C=O) groups excluding carboxylic acids is 2. The zero-order chi connectivity index (χ0) is 17.9. The number of benzene rings is 1. The number of hydrogen-bond acceptors (Lipinski definition) is 3. The van der Waals surface area contributed by atoms with Gasteiger partial charge in [0, 0.05) is 37.4 Å². The first-order valence-corrected chi connectivity index (χ1v) is 9.27. The van der Waals surface area contributed by atoms with Gasteiger partial charge >= 0.3 is 0 Å². The van der Waals surface area contributed by atoms with E-state index in [1.165, 1.54) is 5.56 Å². The molecule has 1 aromatic heterocycles. The van der Waals surface area contributed by atoms with Crippen LogP contribution >= 0.6 is 0 Å². The number of piperidine rings is 1. The van der Waals surface area contributed by atoms with Gasteiger partial charge in [-0.2, -0.15) is 0 Å².